The maximum absolute atomic E-state index is 11.3. The van der Waals surface area contributed by atoms with Crippen molar-refractivity contribution in [3.8, 4) is 0 Å². The van der Waals surface area contributed by atoms with Crippen LogP contribution in [0.25, 0.3) is 0 Å². The van der Waals surface area contributed by atoms with Crippen LogP contribution in [0.4, 0.5) is 0 Å². The summed E-state index contributed by atoms with van der Waals surface area (Å²) in [7, 11) is 1.34. The molecule has 1 atom stereocenters. The van der Waals surface area contributed by atoms with Crippen molar-refractivity contribution in [1.82, 2.24) is 5.32 Å². The summed E-state index contributed by atoms with van der Waals surface area (Å²) in [5.41, 5.74) is 0. The first-order chi connectivity index (χ1) is 9.70. The van der Waals surface area contributed by atoms with Gasteiger partial charge in [0, 0.05) is 6.54 Å². The fourth-order valence-corrected chi connectivity index (χ4v) is 2.45. The SMILES string of the molecule is COC(=O)c1ccc(C(C)NCCOC2CCCC2)o1. The Labute approximate surface area is 119 Å². The van der Waals surface area contributed by atoms with Gasteiger partial charge in [0.25, 0.3) is 0 Å². The first-order valence-electron chi connectivity index (χ1n) is 7.23. The van der Waals surface area contributed by atoms with E-state index in [-0.39, 0.29) is 11.8 Å². The van der Waals surface area contributed by atoms with E-state index in [2.05, 4.69) is 10.1 Å². The Balaban J connectivity index is 1.69. The molecule has 5 heteroatoms. The molecule has 0 spiro atoms. The zero-order chi connectivity index (χ0) is 14.4. The van der Waals surface area contributed by atoms with Crippen LogP contribution in [-0.4, -0.2) is 32.3 Å². The molecular weight excluding hydrogens is 258 g/mol. The molecule has 0 radical (unpaired) electrons. The van der Waals surface area contributed by atoms with Crippen molar-refractivity contribution in [2.45, 2.75) is 44.8 Å². The van der Waals surface area contributed by atoms with E-state index in [1.54, 1.807) is 12.1 Å². The first kappa shape index (κ1) is 15.1. The second kappa shape index (κ2) is 7.45. The van der Waals surface area contributed by atoms with Gasteiger partial charge in [-0.2, -0.15) is 0 Å². The number of methoxy groups -OCH3 is 1. The molecule has 1 N–H and O–H groups in total. The first-order valence-corrected chi connectivity index (χ1v) is 7.23. The topological polar surface area (TPSA) is 60.7 Å². The van der Waals surface area contributed by atoms with Gasteiger partial charge in [-0.15, -0.1) is 0 Å². The maximum Gasteiger partial charge on any atom is 0.373 e. The molecule has 0 bridgehead atoms. The van der Waals surface area contributed by atoms with Crippen molar-refractivity contribution in [3.05, 3.63) is 23.7 Å². The molecular formula is C15H23NO4. The fraction of sp³-hybridized carbons (Fsp3) is 0.667. The fourth-order valence-electron chi connectivity index (χ4n) is 2.45. The number of rotatable bonds is 7. The molecule has 20 heavy (non-hydrogen) atoms. The van der Waals surface area contributed by atoms with Crippen LogP contribution < -0.4 is 5.32 Å². The van der Waals surface area contributed by atoms with Crippen LogP contribution in [0.5, 0.6) is 0 Å². The van der Waals surface area contributed by atoms with Crippen molar-refractivity contribution < 1.29 is 18.7 Å². The van der Waals surface area contributed by atoms with Crippen LogP contribution in [0.2, 0.25) is 0 Å². The maximum atomic E-state index is 11.3. The van der Waals surface area contributed by atoms with E-state index < -0.39 is 5.97 Å². The van der Waals surface area contributed by atoms with Gasteiger partial charge in [0.2, 0.25) is 5.76 Å². The molecule has 5 nitrogen and oxygen atoms in total. The number of carbonyl (C=O) groups excluding carboxylic acids is 1. The molecule has 1 unspecified atom stereocenters. The van der Waals surface area contributed by atoms with E-state index in [1.807, 2.05) is 6.92 Å². The molecule has 1 aromatic rings. The van der Waals surface area contributed by atoms with E-state index in [4.69, 9.17) is 9.15 Å². The lowest BCUT2D eigenvalue weighted by molar-refractivity contribution is 0.0555. The second-order valence-electron chi connectivity index (χ2n) is 5.15. The average molecular weight is 281 g/mol. The van der Waals surface area contributed by atoms with Crippen LogP contribution in [-0.2, 0) is 9.47 Å². The lowest BCUT2D eigenvalue weighted by Crippen LogP contribution is -2.24. The number of esters is 1. The molecule has 1 aromatic heterocycles. The van der Waals surface area contributed by atoms with E-state index >= 15 is 0 Å². The predicted octanol–water partition coefficient (Wildman–Crippen LogP) is 2.68. The Morgan fingerprint density at radius 1 is 1.45 bits per heavy atom. The third-order valence-electron chi connectivity index (χ3n) is 3.65. The van der Waals surface area contributed by atoms with E-state index in [1.165, 1.54) is 32.8 Å². The Morgan fingerprint density at radius 3 is 2.90 bits per heavy atom. The summed E-state index contributed by atoms with van der Waals surface area (Å²) in [6, 6.07) is 3.47. The quantitative estimate of drug-likeness (QED) is 0.615. The number of nitrogens with one attached hydrogen (secondary N) is 1. The molecule has 0 saturated heterocycles. The average Bonchev–Trinajstić information content (AvgIpc) is 3.13. The van der Waals surface area contributed by atoms with Crippen molar-refractivity contribution in [2.75, 3.05) is 20.3 Å². The normalized spacial score (nSPS) is 17.3. The van der Waals surface area contributed by atoms with Gasteiger partial charge < -0.3 is 19.2 Å². The molecule has 1 saturated carbocycles. The summed E-state index contributed by atoms with van der Waals surface area (Å²) in [6.45, 7) is 3.47. The monoisotopic (exact) mass is 281 g/mol. The van der Waals surface area contributed by atoms with Crippen molar-refractivity contribution >= 4 is 5.97 Å². The standard InChI is InChI=1S/C15H23NO4/c1-11(13-7-8-14(20-13)15(17)18-2)16-9-10-19-12-5-3-4-6-12/h7-8,11-12,16H,3-6,9-10H2,1-2H3. The van der Waals surface area contributed by atoms with E-state index in [0.29, 0.717) is 12.7 Å². The highest BCUT2D eigenvalue weighted by Gasteiger charge is 2.16. The highest BCUT2D eigenvalue weighted by molar-refractivity contribution is 5.86. The summed E-state index contributed by atoms with van der Waals surface area (Å²) in [4.78, 5) is 11.3. The molecule has 2 rings (SSSR count). The molecule has 0 aliphatic heterocycles. The molecule has 112 valence electrons. The summed E-state index contributed by atoms with van der Waals surface area (Å²) in [5.74, 6) is 0.512. The van der Waals surface area contributed by atoms with Crippen LogP contribution in [0.3, 0.4) is 0 Å². The van der Waals surface area contributed by atoms with Crippen LogP contribution in [0.15, 0.2) is 16.5 Å². The van der Waals surface area contributed by atoms with Gasteiger partial charge in [-0.1, -0.05) is 12.8 Å². The lowest BCUT2D eigenvalue weighted by Gasteiger charge is -2.14. The predicted molar refractivity (Wildman–Crippen MR) is 74.7 cm³/mol. The van der Waals surface area contributed by atoms with Crippen LogP contribution >= 0.6 is 0 Å². The Bertz CT molecular complexity index is 423. The highest BCUT2D eigenvalue weighted by atomic mass is 16.5. The molecule has 0 aromatic carbocycles. The van der Waals surface area contributed by atoms with Gasteiger partial charge in [0.1, 0.15) is 5.76 Å². The third kappa shape index (κ3) is 4.08. The van der Waals surface area contributed by atoms with Gasteiger partial charge in [-0.25, -0.2) is 4.79 Å². The zero-order valence-electron chi connectivity index (χ0n) is 12.2. The summed E-state index contributed by atoms with van der Waals surface area (Å²) in [6.07, 6.45) is 5.41. The van der Waals surface area contributed by atoms with Gasteiger partial charge in [-0.3, -0.25) is 0 Å². The van der Waals surface area contributed by atoms with E-state index in [9.17, 15) is 4.79 Å². The lowest BCUT2D eigenvalue weighted by atomic mass is 10.2. The van der Waals surface area contributed by atoms with Gasteiger partial charge in [0.15, 0.2) is 0 Å². The number of carbonyl (C=O) groups is 1. The van der Waals surface area contributed by atoms with Gasteiger partial charge in [0.05, 0.1) is 25.9 Å². The van der Waals surface area contributed by atoms with Crippen LogP contribution in [0.1, 0.15) is 55.0 Å². The molecule has 1 aliphatic carbocycles. The summed E-state index contributed by atoms with van der Waals surface area (Å²) >= 11 is 0. The minimum absolute atomic E-state index is 0.0422. The summed E-state index contributed by atoms with van der Waals surface area (Å²) in [5, 5.41) is 3.32. The molecule has 1 heterocycles. The van der Waals surface area contributed by atoms with Gasteiger partial charge in [-0.05, 0) is 31.9 Å². The second-order valence-corrected chi connectivity index (χ2v) is 5.15. The van der Waals surface area contributed by atoms with Crippen molar-refractivity contribution in [1.29, 1.82) is 0 Å². The molecule has 0 amide bonds. The van der Waals surface area contributed by atoms with E-state index in [0.717, 1.165) is 12.3 Å². The number of ether oxygens (including phenoxy) is 2. The minimum atomic E-state index is -0.451. The number of hydrogen-bond donors (Lipinski definition) is 1. The zero-order valence-corrected chi connectivity index (χ0v) is 12.2. The third-order valence-corrected chi connectivity index (χ3v) is 3.65. The van der Waals surface area contributed by atoms with Gasteiger partial charge >= 0.3 is 5.97 Å². The number of hydrogen-bond acceptors (Lipinski definition) is 5. The molecule has 1 fully saturated rings. The largest absolute Gasteiger partial charge is 0.463 e. The minimum Gasteiger partial charge on any atom is -0.463 e. The van der Waals surface area contributed by atoms with Crippen molar-refractivity contribution in [2.24, 2.45) is 0 Å². The van der Waals surface area contributed by atoms with Crippen LogP contribution in [0, 0.1) is 0 Å². The Morgan fingerprint density at radius 2 is 2.20 bits per heavy atom. The Hall–Kier alpha value is -1.33. The smallest absolute Gasteiger partial charge is 0.373 e. The molecule has 1 aliphatic rings. The highest BCUT2D eigenvalue weighted by Crippen LogP contribution is 2.21. The Kier molecular flexibility index (Phi) is 5.61. The van der Waals surface area contributed by atoms with Crippen molar-refractivity contribution in [3.63, 3.8) is 0 Å². The summed E-state index contributed by atoms with van der Waals surface area (Å²) < 4.78 is 15.8. The number of furan rings is 1.